The summed E-state index contributed by atoms with van der Waals surface area (Å²) in [5, 5.41) is 0. The number of alkyl halides is 4. The highest BCUT2D eigenvalue weighted by molar-refractivity contribution is 7.89. The Bertz CT molecular complexity index is 1450. The Morgan fingerprint density at radius 1 is 1.10 bits per heavy atom. The van der Waals surface area contributed by atoms with Crippen LogP contribution < -0.4 is 4.74 Å². The lowest BCUT2D eigenvalue weighted by atomic mass is 10.0. The molecule has 3 atom stereocenters. The Morgan fingerprint density at radius 3 is 2.33 bits per heavy atom. The SMILES string of the molecule is COc1cnc(CCC(=O)[C@@H]2C[C@@H](F)[C@H](C)N2S(=O)(=O)c2ccc(F)cc2)cc1-c1cnc(C(F)(F)F)nc1. The molecule has 0 saturated carbocycles. The molecule has 3 heterocycles. The first kappa shape index (κ1) is 28.5. The number of carbonyl (C=O) groups is 1. The maximum absolute atomic E-state index is 14.7. The number of Topliss-reactive ketones (excluding diaryl/α,β-unsaturated/α-hetero) is 1. The molecule has 1 aromatic carbocycles. The van der Waals surface area contributed by atoms with E-state index in [2.05, 4.69) is 15.0 Å². The summed E-state index contributed by atoms with van der Waals surface area (Å²) in [6.45, 7) is 1.36. The summed E-state index contributed by atoms with van der Waals surface area (Å²) in [5.41, 5.74) is 0.911. The first-order valence-corrected chi connectivity index (χ1v) is 13.2. The van der Waals surface area contributed by atoms with E-state index in [-0.39, 0.29) is 35.5 Å². The second-order valence-electron chi connectivity index (χ2n) is 8.93. The van der Waals surface area contributed by atoms with Gasteiger partial charge in [0.05, 0.1) is 30.3 Å². The van der Waals surface area contributed by atoms with Gasteiger partial charge in [-0.05, 0) is 43.7 Å². The van der Waals surface area contributed by atoms with E-state index in [1.165, 1.54) is 26.3 Å². The molecule has 1 aliphatic heterocycles. The van der Waals surface area contributed by atoms with Crippen LogP contribution in [0.15, 0.2) is 53.8 Å². The Morgan fingerprint density at radius 2 is 1.74 bits per heavy atom. The molecule has 0 radical (unpaired) electrons. The lowest BCUT2D eigenvalue weighted by Crippen LogP contribution is -2.44. The van der Waals surface area contributed by atoms with Crippen molar-refractivity contribution < 1.29 is 39.9 Å². The van der Waals surface area contributed by atoms with E-state index in [0.717, 1.165) is 41.0 Å². The van der Waals surface area contributed by atoms with Crippen molar-refractivity contribution in [2.24, 2.45) is 0 Å². The summed E-state index contributed by atoms with van der Waals surface area (Å²) in [7, 11) is -2.95. The monoisotopic (exact) mass is 570 g/mol. The smallest absolute Gasteiger partial charge is 0.451 e. The number of methoxy groups -OCH3 is 1. The molecule has 1 aliphatic rings. The number of benzene rings is 1. The largest absolute Gasteiger partial charge is 0.494 e. The molecular formula is C25H23F5N4O4S. The number of halogens is 5. The second-order valence-corrected chi connectivity index (χ2v) is 10.8. The van der Waals surface area contributed by atoms with Crippen molar-refractivity contribution in [3.63, 3.8) is 0 Å². The van der Waals surface area contributed by atoms with Crippen molar-refractivity contribution in [1.29, 1.82) is 0 Å². The first-order valence-electron chi connectivity index (χ1n) is 11.7. The molecule has 8 nitrogen and oxygen atoms in total. The third kappa shape index (κ3) is 5.91. The molecule has 0 amide bonds. The summed E-state index contributed by atoms with van der Waals surface area (Å²) in [5.74, 6) is -2.25. The quantitative estimate of drug-likeness (QED) is 0.370. The van der Waals surface area contributed by atoms with Crippen LogP contribution >= 0.6 is 0 Å². The van der Waals surface area contributed by atoms with Gasteiger partial charge in [-0.1, -0.05) is 0 Å². The topological polar surface area (TPSA) is 102 Å². The van der Waals surface area contributed by atoms with Gasteiger partial charge in [0.1, 0.15) is 17.7 Å². The number of ketones is 1. The fraction of sp³-hybridized carbons (Fsp3) is 0.360. The van der Waals surface area contributed by atoms with E-state index >= 15 is 0 Å². The number of rotatable bonds is 8. The minimum absolute atomic E-state index is 0.0313. The van der Waals surface area contributed by atoms with Gasteiger partial charge < -0.3 is 4.74 Å². The van der Waals surface area contributed by atoms with Crippen LogP contribution in [0.25, 0.3) is 11.1 Å². The van der Waals surface area contributed by atoms with Gasteiger partial charge in [-0.3, -0.25) is 9.78 Å². The van der Waals surface area contributed by atoms with Gasteiger partial charge in [0.2, 0.25) is 15.8 Å². The molecular weight excluding hydrogens is 547 g/mol. The average molecular weight is 571 g/mol. The fourth-order valence-electron chi connectivity index (χ4n) is 4.39. The molecule has 1 fully saturated rings. The minimum atomic E-state index is -4.71. The van der Waals surface area contributed by atoms with Crippen molar-refractivity contribution in [3.8, 4) is 16.9 Å². The van der Waals surface area contributed by atoms with Crippen molar-refractivity contribution >= 4 is 15.8 Å². The highest BCUT2D eigenvalue weighted by Gasteiger charge is 2.48. The number of aryl methyl sites for hydroxylation is 1. The second kappa shape index (κ2) is 10.9. The van der Waals surface area contributed by atoms with Gasteiger partial charge in [-0.25, -0.2) is 27.2 Å². The zero-order valence-corrected chi connectivity index (χ0v) is 21.5. The number of hydrogen-bond donors (Lipinski definition) is 0. The normalized spacial score (nSPS) is 20.2. The number of ether oxygens (including phenoxy) is 1. The average Bonchev–Trinajstić information content (AvgIpc) is 3.21. The standard InChI is InChI=1S/C25H23F5N4O4S/c1-14-20(27)10-21(34(14)39(36,37)18-6-3-16(26)4-7-18)22(35)8-5-17-9-19(23(38-2)13-31-17)15-11-32-24(33-12-15)25(28,29)30/h3-4,6-7,9,11-14,20-21H,5,8,10H2,1-2H3/t14-,20+,21-/m0/s1. The number of hydrogen-bond acceptors (Lipinski definition) is 7. The van der Waals surface area contributed by atoms with Crippen LogP contribution in [0.4, 0.5) is 22.0 Å². The molecule has 0 spiro atoms. The van der Waals surface area contributed by atoms with Crippen LogP contribution in [0, 0.1) is 5.82 Å². The van der Waals surface area contributed by atoms with Crippen LogP contribution in [0.2, 0.25) is 0 Å². The van der Waals surface area contributed by atoms with Gasteiger partial charge in [-0.15, -0.1) is 0 Å². The molecule has 0 bridgehead atoms. The van der Waals surface area contributed by atoms with E-state index in [0.29, 0.717) is 11.3 Å². The number of carbonyl (C=O) groups excluding carboxylic acids is 1. The van der Waals surface area contributed by atoms with Crippen LogP contribution in [-0.4, -0.2) is 58.8 Å². The van der Waals surface area contributed by atoms with Gasteiger partial charge in [0, 0.05) is 42.1 Å². The van der Waals surface area contributed by atoms with Crippen molar-refractivity contribution in [3.05, 3.63) is 66.3 Å². The molecule has 4 rings (SSSR count). The maximum atomic E-state index is 14.7. The van der Waals surface area contributed by atoms with Crippen molar-refractivity contribution in [2.45, 2.75) is 55.5 Å². The molecule has 0 aliphatic carbocycles. The summed E-state index contributed by atoms with van der Waals surface area (Å²) >= 11 is 0. The van der Waals surface area contributed by atoms with Gasteiger partial charge in [-0.2, -0.15) is 17.5 Å². The fourth-order valence-corrected chi connectivity index (χ4v) is 6.22. The van der Waals surface area contributed by atoms with Crippen LogP contribution in [-0.2, 0) is 27.4 Å². The number of aromatic nitrogens is 3. The zero-order valence-electron chi connectivity index (χ0n) is 20.7. The van der Waals surface area contributed by atoms with Crippen LogP contribution in [0.1, 0.15) is 31.3 Å². The van der Waals surface area contributed by atoms with Gasteiger partial charge in [0.25, 0.3) is 0 Å². The van der Waals surface area contributed by atoms with Crippen molar-refractivity contribution in [1.82, 2.24) is 19.3 Å². The van der Waals surface area contributed by atoms with E-state index in [1.807, 2.05) is 0 Å². The van der Waals surface area contributed by atoms with E-state index in [9.17, 15) is 35.2 Å². The summed E-state index contributed by atoms with van der Waals surface area (Å²) in [4.78, 5) is 23.8. The molecule has 1 saturated heterocycles. The predicted molar refractivity (Wildman–Crippen MR) is 128 cm³/mol. The Labute approximate surface area is 220 Å². The summed E-state index contributed by atoms with van der Waals surface area (Å²) < 4.78 is 99.0. The Kier molecular flexibility index (Phi) is 7.98. The van der Waals surface area contributed by atoms with E-state index in [1.54, 1.807) is 0 Å². The number of pyridine rings is 1. The highest BCUT2D eigenvalue weighted by atomic mass is 32.2. The molecule has 39 heavy (non-hydrogen) atoms. The van der Waals surface area contributed by atoms with Crippen LogP contribution in [0.3, 0.4) is 0 Å². The third-order valence-corrected chi connectivity index (χ3v) is 8.44. The lowest BCUT2D eigenvalue weighted by molar-refractivity contribution is -0.145. The Hall–Kier alpha value is -3.52. The summed E-state index contributed by atoms with van der Waals surface area (Å²) in [6.07, 6.45) is -3.48. The third-order valence-electron chi connectivity index (χ3n) is 6.43. The predicted octanol–water partition coefficient (Wildman–Crippen LogP) is 4.40. The lowest BCUT2D eigenvalue weighted by Gasteiger charge is -2.26. The van der Waals surface area contributed by atoms with E-state index in [4.69, 9.17) is 4.74 Å². The zero-order chi connectivity index (χ0) is 28.5. The molecule has 0 N–H and O–H groups in total. The highest BCUT2D eigenvalue weighted by Crippen LogP contribution is 2.35. The number of sulfonamides is 1. The molecule has 0 unspecified atom stereocenters. The van der Waals surface area contributed by atoms with Gasteiger partial charge in [0.15, 0.2) is 5.78 Å². The summed E-state index contributed by atoms with van der Waals surface area (Å²) in [6, 6.07) is 3.15. The maximum Gasteiger partial charge on any atom is 0.451 e. The minimum Gasteiger partial charge on any atom is -0.494 e. The Balaban J connectivity index is 1.54. The van der Waals surface area contributed by atoms with E-state index < -0.39 is 51.9 Å². The number of nitrogens with zero attached hydrogens (tertiary/aromatic N) is 4. The molecule has 208 valence electrons. The van der Waals surface area contributed by atoms with Crippen LogP contribution in [0.5, 0.6) is 5.75 Å². The van der Waals surface area contributed by atoms with Crippen molar-refractivity contribution in [2.75, 3.05) is 7.11 Å². The molecule has 2 aromatic heterocycles. The molecule has 3 aromatic rings. The van der Waals surface area contributed by atoms with Gasteiger partial charge >= 0.3 is 6.18 Å². The first-order chi connectivity index (χ1) is 18.3. The molecule has 14 heteroatoms.